The van der Waals surface area contributed by atoms with Crippen LogP contribution in [0.1, 0.15) is 27.3 Å². The van der Waals surface area contributed by atoms with Crippen LogP contribution in [0.3, 0.4) is 0 Å². The van der Waals surface area contributed by atoms with Gasteiger partial charge in [-0.25, -0.2) is 9.97 Å². The van der Waals surface area contributed by atoms with Crippen molar-refractivity contribution in [3.8, 4) is 23.0 Å². The van der Waals surface area contributed by atoms with Crippen molar-refractivity contribution in [1.29, 1.82) is 0 Å². The Morgan fingerprint density at radius 2 is 1.92 bits per heavy atom. The van der Waals surface area contributed by atoms with Crippen LogP contribution in [0.25, 0.3) is 27.8 Å². The highest BCUT2D eigenvalue weighted by Gasteiger charge is 2.30. The summed E-state index contributed by atoms with van der Waals surface area (Å²) >= 11 is 0. The first-order chi connectivity index (χ1) is 17.2. The standard InChI is InChI=1S/C26H18F3N5O2/c1-15-16(5-3-11-35)8-10-23-30-22(14-34(15)23)24(36)33-25-31-20-9-7-18(13-21(20)32-25)17-4-2-6-19(12-17)26(27,28)29/h2,4,6-10,12-14,35H,11H2,1H3,(H2,31,32,33,36). The summed E-state index contributed by atoms with van der Waals surface area (Å²) in [6, 6.07) is 13.6. The molecule has 10 heteroatoms. The Morgan fingerprint density at radius 1 is 1.11 bits per heavy atom. The van der Waals surface area contributed by atoms with E-state index in [-0.39, 0.29) is 18.2 Å². The third-order valence-electron chi connectivity index (χ3n) is 5.66. The van der Waals surface area contributed by atoms with Crippen molar-refractivity contribution in [1.82, 2.24) is 19.4 Å². The van der Waals surface area contributed by atoms with E-state index in [1.54, 1.807) is 47.0 Å². The minimum atomic E-state index is -4.44. The smallest absolute Gasteiger partial charge is 0.384 e. The summed E-state index contributed by atoms with van der Waals surface area (Å²) in [4.78, 5) is 24.5. The normalized spacial score (nSPS) is 11.5. The highest BCUT2D eigenvalue weighted by Crippen LogP contribution is 2.33. The van der Waals surface area contributed by atoms with Crippen molar-refractivity contribution in [2.45, 2.75) is 13.1 Å². The third kappa shape index (κ3) is 4.39. The summed E-state index contributed by atoms with van der Waals surface area (Å²) in [7, 11) is 0. The zero-order valence-electron chi connectivity index (χ0n) is 18.8. The molecule has 180 valence electrons. The number of benzene rings is 2. The van der Waals surface area contributed by atoms with Crippen molar-refractivity contribution in [3.05, 3.63) is 83.3 Å². The number of aryl methyl sites for hydroxylation is 1. The van der Waals surface area contributed by atoms with Crippen molar-refractivity contribution < 1.29 is 23.1 Å². The van der Waals surface area contributed by atoms with E-state index in [1.165, 1.54) is 6.07 Å². The summed E-state index contributed by atoms with van der Waals surface area (Å²) in [5, 5.41) is 11.6. The molecule has 3 aromatic heterocycles. The van der Waals surface area contributed by atoms with Gasteiger partial charge < -0.3 is 14.5 Å². The molecule has 0 bridgehead atoms. The van der Waals surface area contributed by atoms with Gasteiger partial charge in [0.15, 0.2) is 0 Å². The van der Waals surface area contributed by atoms with E-state index in [0.717, 1.165) is 17.8 Å². The number of hydrogen-bond acceptors (Lipinski definition) is 4. The number of H-pyrrole nitrogens is 1. The van der Waals surface area contributed by atoms with Gasteiger partial charge >= 0.3 is 6.18 Å². The summed E-state index contributed by atoms with van der Waals surface area (Å²) < 4.78 is 41.0. The Kier molecular flexibility index (Phi) is 5.70. The lowest BCUT2D eigenvalue weighted by atomic mass is 10.0. The molecular formula is C26H18F3N5O2. The second-order valence-corrected chi connectivity index (χ2v) is 8.00. The number of aromatic amines is 1. The number of alkyl halides is 3. The van der Waals surface area contributed by atoms with Crippen LogP contribution < -0.4 is 5.32 Å². The number of halogens is 3. The molecule has 0 spiro atoms. The van der Waals surface area contributed by atoms with Gasteiger partial charge in [0, 0.05) is 17.5 Å². The van der Waals surface area contributed by atoms with Gasteiger partial charge in [0.1, 0.15) is 17.9 Å². The fraction of sp³-hybridized carbons (Fsp3) is 0.115. The largest absolute Gasteiger partial charge is 0.416 e. The number of aromatic nitrogens is 4. The summed E-state index contributed by atoms with van der Waals surface area (Å²) in [5.41, 5.74) is 3.53. The highest BCUT2D eigenvalue weighted by molar-refractivity contribution is 6.03. The summed E-state index contributed by atoms with van der Waals surface area (Å²) in [6.45, 7) is 1.58. The quantitative estimate of drug-likeness (QED) is 0.317. The molecule has 7 nitrogen and oxygen atoms in total. The molecule has 0 aliphatic carbocycles. The van der Waals surface area contributed by atoms with Gasteiger partial charge in [0.05, 0.1) is 16.6 Å². The first-order valence-electron chi connectivity index (χ1n) is 10.8. The molecule has 0 radical (unpaired) electrons. The number of amides is 1. The lowest BCUT2D eigenvalue weighted by molar-refractivity contribution is -0.137. The molecule has 36 heavy (non-hydrogen) atoms. The van der Waals surface area contributed by atoms with Gasteiger partial charge in [-0.3, -0.25) is 10.1 Å². The number of aliphatic hydroxyl groups excluding tert-OH is 1. The number of anilines is 1. The van der Waals surface area contributed by atoms with E-state index in [9.17, 15) is 18.0 Å². The van der Waals surface area contributed by atoms with Gasteiger partial charge in [-0.15, -0.1) is 0 Å². The zero-order valence-corrected chi connectivity index (χ0v) is 18.8. The lowest BCUT2D eigenvalue weighted by Gasteiger charge is -2.08. The minimum Gasteiger partial charge on any atom is -0.384 e. The monoisotopic (exact) mass is 489 g/mol. The molecule has 0 fully saturated rings. The maximum absolute atomic E-state index is 13.1. The van der Waals surface area contributed by atoms with Crippen LogP contribution in [0.4, 0.5) is 19.1 Å². The molecule has 0 saturated carbocycles. The van der Waals surface area contributed by atoms with Gasteiger partial charge in [-0.2, -0.15) is 13.2 Å². The molecule has 0 saturated heterocycles. The maximum Gasteiger partial charge on any atom is 0.416 e. The predicted octanol–water partition coefficient (Wildman–Crippen LogP) is 4.80. The van der Waals surface area contributed by atoms with Crippen LogP contribution >= 0.6 is 0 Å². The molecule has 0 aliphatic rings. The number of hydrogen-bond donors (Lipinski definition) is 3. The fourth-order valence-corrected chi connectivity index (χ4v) is 3.86. The Bertz CT molecular complexity index is 1690. The molecule has 3 N–H and O–H groups in total. The van der Waals surface area contributed by atoms with E-state index < -0.39 is 17.6 Å². The summed E-state index contributed by atoms with van der Waals surface area (Å²) in [6.07, 6.45) is -2.85. The lowest BCUT2D eigenvalue weighted by Crippen LogP contribution is -2.13. The molecule has 5 aromatic rings. The van der Waals surface area contributed by atoms with Crippen LogP contribution in [0.5, 0.6) is 0 Å². The molecule has 1 amide bonds. The number of pyridine rings is 1. The second kappa shape index (κ2) is 8.87. The van der Waals surface area contributed by atoms with E-state index in [0.29, 0.717) is 33.4 Å². The van der Waals surface area contributed by atoms with Crippen LogP contribution in [-0.2, 0) is 6.18 Å². The number of rotatable bonds is 3. The van der Waals surface area contributed by atoms with Crippen molar-refractivity contribution in [3.63, 3.8) is 0 Å². The Hall–Kier alpha value is -4.62. The van der Waals surface area contributed by atoms with Crippen LogP contribution in [0, 0.1) is 18.8 Å². The zero-order chi connectivity index (χ0) is 25.4. The number of nitrogens with zero attached hydrogens (tertiary/aromatic N) is 3. The molecule has 5 rings (SSSR count). The van der Waals surface area contributed by atoms with E-state index in [4.69, 9.17) is 5.11 Å². The van der Waals surface area contributed by atoms with Crippen molar-refractivity contribution >= 4 is 28.5 Å². The number of aliphatic hydroxyl groups is 1. The number of nitrogens with one attached hydrogen (secondary N) is 2. The van der Waals surface area contributed by atoms with E-state index >= 15 is 0 Å². The van der Waals surface area contributed by atoms with Crippen molar-refractivity contribution in [2.75, 3.05) is 11.9 Å². The predicted molar refractivity (Wildman–Crippen MR) is 128 cm³/mol. The van der Waals surface area contributed by atoms with Gasteiger partial charge in [-0.05, 0) is 54.4 Å². The third-order valence-corrected chi connectivity index (χ3v) is 5.66. The molecule has 0 aliphatic heterocycles. The highest BCUT2D eigenvalue weighted by atomic mass is 19.4. The van der Waals surface area contributed by atoms with Crippen LogP contribution in [0.15, 0.2) is 60.8 Å². The van der Waals surface area contributed by atoms with Crippen molar-refractivity contribution in [2.24, 2.45) is 0 Å². The van der Waals surface area contributed by atoms with Gasteiger partial charge in [0.25, 0.3) is 5.91 Å². The number of fused-ring (bicyclic) bond motifs is 2. The number of imidazole rings is 2. The van der Waals surface area contributed by atoms with E-state index in [1.807, 2.05) is 6.92 Å². The van der Waals surface area contributed by atoms with Gasteiger partial charge in [-0.1, -0.05) is 30.0 Å². The van der Waals surface area contributed by atoms with Crippen LogP contribution in [-0.4, -0.2) is 37.0 Å². The Balaban J connectivity index is 1.40. The average molecular weight is 489 g/mol. The number of carbonyl (C=O) groups is 1. The maximum atomic E-state index is 13.1. The minimum absolute atomic E-state index is 0.162. The van der Waals surface area contributed by atoms with E-state index in [2.05, 4.69) is 32.1 Å². The SMILES string of the molecule is Cc1c(C#CCO)ccc2nc(C(=O)Nc3nc4cc(-c5cccc(C(F)(F)F)c5)ccc4[nH]3)cn12. The Labute approximate surface area is 202 Å². The van der Waals surface area contributed by atoms with Gasteiger partial charge in [0.2, 0.25) is 5.95 Å². The fourth-order valence-electron chi connectivity index (χ4n) is 3.86. The molecule has 0 unspecified atom stereocenters. The average Bonchev–Trinajstić information content (AvgIpc) is 3.47. The first-order valence-corrected chi connectivity index (χ1v) is 10.8. The first kappa shape index (κ1) is 23.1. The number of carbonyl (C=O) groups excluding carboxylic acids is 1. The topological polar surface area (TPSA) is 95.3 Å². The van der Waals surface area contributed by atoms with Crippen LogP contribution in [0.2, 0.25) is 0 Å². The molecule has 0 atom stereocenters. The molecular weight excluding hydrogens is 471 g/mol. The summed E-state index contributed by atoms with van der Waals surface area (Å²) in [5.74, 6) is 5.15. The molecule has 3 heterocycles. The second-order valence-electron chi connectivity index (χ2n) is 8.00. The molecule has 2 aromatic carbocycles. The Morgan fingerprint density at radius 3 is 2.69 bits per heavy atom.